The highest BCUT2D eigenvalue weighted by molar-refractivity contribution is 8.00. The summed E-state index contributed by atoms with van der Waals surface area (Å²) in [6, 6.07) is 18.2. The van der Waals surface area contributed by atoms with Crippen molar-refractivity contribution in [3.63, 3.8) is 0 Å². The molecule has 0 saturated heterocycles. The molecular weight excluding hydrogens is 368 g/mol. The molecular formula is C22H22N4OS. The number of hydrogen-bond donors (Lipinski definition) is 0. The molecule has 1 aliphatic rings. The fraction of sp³-hybridized carbons (Fsp3) is 0.227. The SMILES string of the molecule is CC1CCN(C(=O)/C=C/c2cn(Cc3ccccc3)nn2)c2ccccc2S1. The highest BCUT2D eigenvalue weighted by atomic mass is 32.2. The predicted molar refractivity (Wildman–Crippen MR) is 113 cm³/mol. The van der Waals surface area contributed by atoms with Crippen LogP contribution in [0.4, 0.5) is 5.69 Å². The summed E-state index contributed by atoms with van der Waals surface area (Å²) in [6.45, 7) is 3.58. The van der Waals surface area contributed by atoms with Gasteiger partial charge in [0.05, 0.1) is 18.4 Å². The van der Waals surface area contributed by atoms with E-state index in [1.54, 1.807) is 16.8 Å². The zero-order chi connectivity index (χ0) is 19.3. The van der Waals surface area contributed by atoms with Crippen LogP contribution in [0.2, 0.25) is 0 Å². The lowest BCUT2D eigenvalue weighted by Crippen LogP contribution is -2.30. The third-order valence-corrected chi connectivity index (χ3v) is 5.89. The van der Waals surface area contributed by atoms with E-state index in [2.05, 4.69) is 35.4 Å². The molecule has 3 aromatic rings. The van der Waals surface area contributed by atoms with Crippen molar-refractivity contribution in [1.82, 2.24) is 15.0 Å². The van der Waals surface area contributed by atoms with Gasteiger partial charge in [0, 0.05) is 22.8 Å². The van der Waals surface area contributed by atoms with Gasteiger partial charge >= 0.3 is 0 Å². The molecule has 0 saturated carbocycles. The van der Waals surface area contributed by atoms with Gasteiger partial charge in [-0.3, -0.25) is 4.79 Å². The summed E-state index contributed by atoms with van der Waals surface area (Å²) >= 11 is 1.83. The minimum absolute atomic E-state index is 0.0280. The Morgan fingerprint density at radius 1 is 1.18 bits per heavy atom. The first kappa shape index (κ1) is 18.5. The number of para-hydroxylation sites is 1. The number of thioether (sulfide) groups is 1. The van der Waals surface area contributed by atoms with Gasteiger partial charge in [-0.25, -0.2) is 4.68 Å². The molecule has 5 nitrogen and oxygen atoms in total. The molecule has 2 heterocycles. The molecule has 28 heavy (non-hydrogen) atoms. The maximum atomic E-state index is 12.9. The maximum absolute atomic E-state index is 12.9. The van der Waals surface area contributed by atoms with E-state index in [1.165, 1.54) is 0 Å². The minimum atomic E-state index is -0.0280. The molecule has 6 heteroatoms. The Morgan fingerprint density at radius 2 is 1.96 bits per heavy atom. The number of carbonyl (C=O) groups is 1. The Labute approximate surface area is 169 Å². The van der Waals surface area contributed by atoms with Crippen molar-refractivity contribution in [3.05, 3.63) is 78.1 Å². The van der Waals surface area contributed by atoms with Gasteiger partial charge in [-0.1, -0.05) is 54.6 Å². The van der Waals surface area contributed by atoms with E-state index >= 15 is 0 Å². The Kier molecular flexibility index (Phi) is 5.58. The molecule has 0 aliphatic carbocycles. The first-order chi connectivity index (χ1) is 13.7. The molecule has 0 N–H and O–H groups in total. The summed E-state index contributed by atoms with van der Waals surface area (Å²) in [4.78, 5) is 15.9. The minimum Gasteiger partial charge on any atom is -0.308 e. The van der Waals surface area contributed by atoms with E-state index in [4.69, 9.17) is 0 Å². The Hall–Kier alpha value is -2.86. The van der Waals surface area contributed by atoms with Crippen molar-refractivity contribution in [2.75, 3.05) is 11.4 Å². The average Bonchev–Trinajstić information content (AvgIpc) is 3.08. The normalized spacial score (nSPS) is 16.8. The summed E-state index contributed by atoms with van der Waals surface area (Å²) in [5.41, 5.74) is 2.82. The van der Waals surface area contributed by atoms with Crippen LogP contribution in [0.25, 0.3) is 6.08 Å². The first-order valence-electron chi connectivity index (χ1n) is 9.38. The van der Waals surface area contributed by atoms with E-state index in [9.17, 15) is 4.79 Å². The molecule has 142 valence electrons. The van der Waals surface area contributed by atoms with Gasteiger partial charge in [-0.05, 0) is 30.2 Å². The molecule has 1 amide bonds. The van der Waals surface area contributed by atoms with Gasteiger partial charge in [-0.2, -0.15) is 0 Å². The van der Waals surface area contributed by atoms with Crippen molar-refractivity contribution in [1.29, 1.82) is 0 Å². The number of fused-ring (bicyclic) bond motifs is 1. The topological polar surface area (TPSA) is 51.0 Å². The first-order valence-corrected chi connectivity index (χ1v) is 10.3. The van der Waals surface area contributed by atoms with Crippen molar-refractivity contribution >= 4 is 29.4 Å². The maximum Gasteiger partial charge on any atom is 0.251 e. The second kappa shape index (κ2) is 8.44. The van der Waals surface area contributed by atoms with E-state index < -0.39 is 0 Å². The number of amides is 1. The monoisotopic (exact) mass is 390 g/mol. The van der Waals surface area contributed by atoms with Gasteiger partial charge < -0.3 is 4.90 Å². The van der Waals surface area contributed by atoms with Crippen LogP contribution in [-0.4, -0.2) is 32.7 Å². The number of rotatable bonds is 4. The largest absolute Gasteiger partial charge is 0.308 e. The summed E-state index contributed by atoms with van der Waals surface area (Å²) in [5, 5.41) is 8.79. The van der Waals surface area contributed by atoms with Gasteiger partial charge in [0.2, 0.25) is 0 Å². The number of carbonyl (C=O) groups excluding carboxylic acids is 1. The van der Waals surface area contributed by atoms with Crippen LogP contribution in [0.5, 0.6) is 0 Å². The number of anilines is 1. The predicted octanol–water partition coefficient (Wildman–Crippen LogP) is 4.26. The van der Waals surface area contributed by atoms with Crippen molar-refractivity contribution in [2.24, 2.45) is 0 Å². The number of benzene rings is 2. The van der Waals surface area contributed by atoms with Crippen LogP contribution in [-0.2, 0) is 11.3 Å². The highest BCUT2D eigenvalue weighted by Crippen LogP contribution is 2.37. The standard InChI is InChI=1S/C22H22N4OS/c1-17-13-14-26(20-9-5-6-10-21(20)28-17)22(27)12-11-19-16-25(24-23-19)15-18-7-3-2-4-8-18/h2-12,16-17H,13-15H2,1H3/b12-11+. The van der Waals surface area contributed by atoms with Crippen molar-refractivity contribution in [3.8, 4) is 0 Å². The summed E-state index contributed by atoms with van der Waals surface area (Å²) < 4.78 is 1.78. The van der Waals surface area contributed by atoms with E-state index in [1.807, 2.05) is 59.3 Å². The van der Waals surface area contributed by atoms with Gasteiger partial charge in [0.15, 0.2) is 0 Å². The van der Waals surface area contributed by atoms with Crippen molar-refractivity contribution in [2.45, 2.75) is 30.0 Å². The van der Waals surface area contributed by atoms with Gasteiger partial charge in [0.25, 0.3) is 5.91 Å². The Morgan fingerprint density at radius 3 is 2.82 bits per heavy atom. The summed E-state index contributed by atoms with van der Waals surface area (Å²) in [6.07, 6.45) is 6.15. The molecule has 1 atom stereocenters. The van der Waals surface area contributed by atoms with Crippen LogP contribution < -0.4 is 4.90 Å². The lowest BCUT2D eigenvalue weighted by molar-refractivity contribution is -0.114. The fourth-order valence-corrected chi connectivity index (χ4v) is 4.31. The smallest absolute Gasteiger partial charge is 0.251 e. The lowest BCUT2D eigenvalue weighted by atomic mass is 10.2. The molecule has 0 radical (unpaired) electrons. The zero-order valence-electron chi connectivity index (χ0n) is 15.7. The third kappa shape index (κ3) is 4.34. The summed E-state index contributed by atoms with van der Waals surface area (Å²) in [7, 11) is 0. The number of nitrogens with zero attached hydrogens (tertiary/aromatic N) is 4. The lowest BCUT2D eigenvalue weighted by Gasteiger charge is -2.20. The summed E-state index contributed by atoms with van der Waals surface area (Å²) in [5.74, 6) is -0.0280. The molecule has 4 rings (SSSR count). The number of aromatic nitrogens is 3. The van der Waals surface area contributed by atoms with Crippen LogP contribution in [0.1, 0.15) is 24.6 Å². The van der Waals surface area contributed by atoms with Crippen molar-refractivity contribution < 1.29 is 4.79 Å². The molecule has 1 unspecified atom stereocenters. The van der Waals surface area contributed by atoms with Gasteiger partial charge in [-0.15, -0.1) is 16.9 Å². The molecule has 2 aromatic carbocycles. The van der Waals surface area contributed by atoms with Crippen LogP contribution in [0.15, 0.2) is 71.8 Å². The molecule has 1 aliphatic heterocycles. The Bertz CT molecular complexity index is 983. The highest BCUT2D eigenvalue weighted by Gasteiger charge is 2.22. The van der Waals surface area contributed by atoms with Crippen LogP contribution in [0.3, 0.4) is 0 Å². The van der Waals surface area contributed by atoms with Gasteiger partial charge in [0.1, 0.15) is 5.69 Å². The number of hydrogen-bond acceptors (Lipinski definition) is 4. The Balaban J connectivity index is 1.47. The molecule has 0 fully saturated rings. The average molecular weight is 391 g/mol. The van der Waals surface area contributed by atoms with E-state index in [0.717, 1.165) is 29.1 Å². The van der Waals surface area contributed by atoms with Crippen LogP contribution in [0, 0.1) is 0 Å². The molecule has 1 aromatic heterocycles. The molecule has 0 bridgehead atoms. The molecule has 0 spiro atoms. The quantitative estimate of drug-likeness (QED) is 0.625. The second-order valence-corrected chi connectivity index (χ2v) is 8.31. The van der Waals surface area contributed by atoms with Crippen LogP contribution >= 0.6 is 11.8 Å². The third-order valence-electron chi connectivity index (χ3n) is 4.65. The fourth-order valence-electron chi connectivity index (χ4n) is 3.20. The zero-order valence-corrected chi connectivity index (χ0v) is 16.5. The van der Waals surface area contributed by atoms with E-state index in [0.29, 0.717) is 17.5 Å². The second-order valence-electron chi connectivity index (χ2n) is 6.83. The van der Waals surface area contributed by atoms with E-state index in [-0.39, 0.29) is 5.91 Å².